The molecule has 0 amide bonds. The maximum absolute atomic E-state index is 8.96. The molecule has 4 nitrogen and oxygen atoms in total. The van der Waals surface area contributed by atoms with Gasteiger partial charge in [0.25, 0.3) is 0 Å². The molecule has 112 valence electrons. The van der Waals surface area contributed by atoms with E-state index in [9.17, 15) is 0 Å². The minimum Gasteiger partial charge on any atom is -0.395 e. The first kappa shape index (κ1) is 14.3. The quantitative estimate of drug-likeness (QED) is 0.885. The summed E-state index contributed by atoms with van der Waals surface area (Å²) in [6.07, 6.45) is 2.39. The Bertz CT molecular complexity index is 579. The Kier molecular flexibility index (Phi) is 4.68. The van der Waals surface area contributed by atoms with E-state index < -0.39 is 0 Å². The van der Waals surface area contributed by atoms with E-state index in [2.05, 4.69) is 33.4 Å². The molecule has 4 heteroatoms. The van der Waals surface area contributed by atoms with E-state index in [-0.39, 0.29) is 6.61 Å². The number of likely N-dealkylation sites (tertiary alicyclic amines) is 1. The van der Waals surface area contributed by atoms with Gasteiger partial charge in [-0.2, -0.15) is 0 Å². The second kappa shape index (κ2) is 6.87. The zero-order valence-electron chi connectivity index (χ0n) is 12.3. The number of piperidine rings is 1. The van der Waals surface area contributed by atoms with Crippen molar-refractivity contribution in [1.82, 2.24) is 9.88 Å². The van der Waals surface area contributed by atoms with Gasteiger partial charge in [0.05, 0.1) is 12.1 Å². The minimum absolute atomic E-state index is 0.268. The number of benzene rings is 1. The summed E-state index contributed by atoms with van der Waals surface area (Å²) in [6, 6.07) is 12.4. The van der Waals surface area contributed by atoms with Crippen molar-refractivity contribution in [2.24, 2.45) is 5.92 Å². The zero-order valence-corrected chi connectivity index (χ0v) is 12.3. The third-order valence-electron chi connectivity index (χ3n) is 4.29. The largest absolute Gasteiger partial charge is 0.395 e. The second-order valence-corrected chi connectivity index (χ2v) is 5.78. The lowest BCUT2D eigenvalue weighted by molar-refractivity contribution is 0.151. The number of hydrogen-bond donors (Lipinski definition) is 2. The molecule has 2 heterocycles. The molecule has 1 aliphatic rings. The number of β-amino-alcohol motifs (C(OH)–C–C–N with tert-alkyl or cyclic N) is 1. The van der Waals surface area contributed by atoms with Crippen LogP contribution in [0.4, 0.5) is 5.82 Å². The third-order valence-corrected chi connectivity index (χ3v) is 4.29. The maximum Gasteiger partial charge on any atom is 0.126 e. The number of pyridine rings is 1. The van der Waals surface area contributed by atoms with Crippen LogP contribution in [0.5, 0.6) is 0 Å². The molecule has 0 unspecified atom stereocenters. The van der Waals surface area contributed by atoms with Gasteiger partial charge in [0.2, 0.25) is 0 Å². The zero-order chi connectivity index (χ0) is 14.5. The Hall–Kier alpha value is -1.65. The van der Waals surface area contributed by atoms with Crippen molar-refractivity contribution >= 4 is 16.7 Å². The molecule has 1 aromatic carbocycles. The highest BCUT2D eigenvalue weighted by Crippen LogP contribution is 2.19. The number of hydrogen-bond acceptors (Lipinski definition) is 4. The summed E-state index contributed by atoms with van der Waals surface area (Å²) in [5.41, 5.74) is 1.04. The van der Waals surface area contributed by atoms with Crippen LogP contribution in [0.2, 0.25) is 0 Å². The summed E-state index contributed by atoms with van der Waals surface area (Å²) in [7, 11) is 0. The Morgan fingerprint density at radius 2 is 1.95 bits per heavy atom. The molecule has 0 radical (unpaired) electrons. The summed E-state index contributed by atoms with van der Waals surface area (Å²) in [5.74, 6) is 1.67. The fourth-order valence-corrected chi connectivity index (χ4v) is 2.97. The summed E-state index contributed by atoms with van der Waals surface area (Å²) >= 11 is 0. The molecule has 0 atom stereocenters. The normalized spacial score (nSPS) is 17.2. The van der Waals surface area contributed by atoms with E-state index in [0.717, 1.165) is 37.5 Å². The summed E-state index contributed by atoms with van der Waals surface area (Å²) in [6.45, 7) is 4.25. The van der Waals surface area contributed by atoms with Gasteiger partial charge in [-0.15, -0.1) is 0 Å². The van der Waals surface area contributed by atoms with Crippen LogP contribution in [0.3, 0.4) is 0 Å². The molecular weight excluding hydrogens is 262 g/mol. The summed E-state index contributed by atoms with van der Waals surface area (Å²) in [4.78, 5) is 6.99. The SMILES string of the molecule is OCCN1CCC(CNc2ccc3ccccc3n2)CC1. The van der Waals surface area contributed by atoms with Crippen molar-refractivity contribution in [3.8, 4) is 0 Å². The van der Waals surface area contributed by atoms with Gasteiger partial charge in [-0.25, -0.2) is 4.98 Å². The molecular formula is C17H23N3O. The van der Waals surface area contributed by atoms with Gasteiger partial charge in [-0.1, -0.05) is 18.2 Å². The van der Waals surface area contributed by atoms with Gasteiger partial charge >= 0.3 is 0 Å². The maximum atomic E-state index is 8.96. The average molecular weight is 285 g/mol. The van der Waals surface area contributed by atoms with Crippen LogP contribution in [0.25, 0.3) is 10.9 Å². The fraction of sp³-hybridized carbons (Fsp3) is 0.471. The van der Waals surface area contributed by atoms with Gasteiger partial charge in [-0.05, 0) is 50.0 Å². The number of anilines is 1. The van der Waals surface area contributed by atoms with Gasteiger partial charge in [-0.3, -0.25) is 0 Å². The lowest BCUT2D eigenvalue weighted by Gasteiger charge is -2.31. The van der Waals surface area contributed by atoms with E-state index >= 15 is 0 Å². The van der Waals surface area contributed by atoms with Crippen LogP contribution in [-0.4, -0.2) is 47.8 Å². The molecule has 1 fully saturated rings. The predicted molar refractivity (Wildman–Crippen MR) is 86.5 cm³/mol. The number of aliphatic hydroxyl groups excluding tert-OH is 1. The Labute approximate surface area is 125 Å². The first-order valence-corrected chi connectivity index (χ1v) is 7.78. The molecule has 21 heavy (non-hydrogen) atoms. The van der Waals surface area contributed by atoms with Crippen molar-refractivity contribution in [3.63, 3.8) is 0 Å². The number of fused-ring (bicyclic) bond motifs is 1. The smallest absolute Gasteiger partial charge is 0.126 e. The molecule has 1 aromatic heterocycles. The Balaban J connectivity index is 1.52. The van der Waals surface area contributed by atoms with Crippen LogP contribution in [0.15, 0.2) is 36.4 Å². The van der Waals surface area contributed by atoms with Crippen molar-refractivity contribution in [1.29, 1.82) is 0 Å². The van der Waals surface area contributed by atoms with Crippen LogP contribution in [0.1, 0.15) is 12.8 Å². The Morgan fingerprint density at radius 3 is 2.76 bits per heavy atom. The van der Waals surface area contributed by atoms with Crippen molar-refractivity contribution in [2.75, 3.05) is 38.1 Å². The summed E-state index contributed by atoms with van der Waals surface area (Å²) < 4.78 is 0. The number of rotatable bonds is 5. The molecule has 0 spiro atoms. The lowest BCUT2D eigenvalue weighted by atomic mass is 9.97. The van der Waals surface area contributed by atoms with Gasteiger partial charge in [0.15, 0.2) is 0 Å². The van der Waals surface area contributed by atoms with Crippen LogP contribution in [0, 0.1) is 5.92 Å². The van der Waals surface area contributed by atoms with Crippen molar-refractivity contribution < 1.29 is 5.11 Å². The molecule has 3 rings (SSSR count). The van der Waals surface area contributed by atoms with E-state index in [1.54, 1.807) is 0 Å². The molecule has 2 N–H and O–H groups in total. The van der Waals surface area contributed by atoms with Gasteiger partial charge in [0, 0.05) is 18.5 Å². The topological polar surface area (TPSA) is 48.4 Å². The van der Waals surface area contributed by atoms with Gasteiger partial charge in [0.1, 0.15) is 5.82 Å². The van der Waals surface area contributed by atoms with E-state index in [1.807, 2.05) is 18.2 Å². The third kappa shape index (κ3) is 3.71. The number of para-hydroxylation sites is 1. The van der Waals surface area contributed by atoms with Crippen LogP contribution >= 0.6 is 0 Å². The van der Waals surface area contributed by atoms with E-state index in [1.165, 1.54) is 18.2 Å². The van der Waals surface area contributed by atoms with E-state index in [0.29, 0.717) is 5.92 Å². The number of aromatic nitrogens is 1. The average Bonchev–Trinajstić information content (AvgIpc) is 2.54. The summed E-state index contributed by atoms with van der Waals surface area (Å²) in [5, 5.41) is 13.6. The molecule has 1 aliphatic heterocycles. The monoisotopic (exact) mass is 285 g/mol. The molecule has 0 saturated carbocycles. The molecule has 2 aromatic rings. The predicted octanol–water partition coefficient (Wildman–Crippen LogP) is 2.35. The highest BCUT2D eigenvalue weighted by atomic mass is 16.3. The molecule has 0 bridgehead atoms. The molecule has 1 saturated heterocycles. The molecule has 0 aliphatic carbocycles. The lowest BCUT2D eigenvalue weighted by Crippen LogP contribution is -2.37. The van der Waals surface area contributed by atoms with Crippen LogP contribution in [-0.2, 0) is 0 Å². The first-order valence-electron chi connectivity index (χ1n) is 7.78. The van der Waals surface area contributed by atoms with Crippen molar-refractivity contribution in [3.05, 3.63) is 36.4 Å². The van der Waals surface area contributed by atoms with Crippen LogP contribution < -0.4 is 5.32 Å². The second-order valence-electron chi connectivity index (χ2n) is 5.78. The minimum atomic E-state index is 0.268. The van der Waals surface area contributed by atoms with Crippen molar-refractivity contribution in [2.45, 2.75) is 12.8 Å². The van der Waals surface area contributed by atoms with E-state index in [4.69, 9.17) is 5.11 Å². The highest BCUT2D eigenvalue weighted by Gasteiger charge is 2.18. The highest BCUT2D eigenvalue weighted by molar-refractivity contribution is 5.79. The number of aliphatic hydroxyl groups is 1. The Morgan fingerprint density at radius 1 is 1.14 bits per heavy atom. The fourth-order valence-electron chi connectivity index (χ4n) is 2.97. The standard InChI is InChI=1S/C17H23N3O/c21-12-11-20-9-7-14(8-10-20)13-18-17-6-5-15-3-1-2-4-16(15)19-17/h1-6,14,21H,7-13H2,(H,18,19). The number of nitrogens with one attached hydrogen (secondary N) is 1. The number of nitrogens with zero attached hydrogens (tertiary/aromatic N) is 2. The first-order chi connectivity index (χ1) is 10.3. The van der Waals surface area contributed by atoms with Gasteiger partial charge < -0.3 is 15.3 Å².